The van der Waals surface area contributed by atoms with Gasteiger partial charge in [0, 0.05) is 29.5 Å². The van der Waals surface area contributed by atoms with E-state index in [0.29, 0.717) is 11.0 Å². The first kappa shape index (κ1) is 8.95. The van der Waals surface area contributed by atoms with Crippen molar-refractivity contribution < 1.29 is 18.6 Å². The summed E-state index contributed by atoms with van der Waals surface area (Å²) in [7, 11) is 0. The van der Waals surface area contributed by atoms with Gasteiger partial charge < -0.3 is 9.97 Å². The Bertz CT molecular complexity index is 175. The maximum atomic E-state index is 5.46. The molecule has 1 heterocycles. The van der Waals surface area contributed by atoms with Crippen LogP contribution in [0.15, 0.2) is 6.07 Å². The topological polar surface area (TPSA) is 25.8 Å². The largest absolute Gasteiger partial charge is 0.373 e. The Morgan fingerprint density at radius 3 is 2.67 bits per heavy atom. The van der Waals surface area contributed by atoms with E-state index in [1.807, 2.05) is 0 Å². The summed E-state index contributed by atoms with van der Waals surface area (Å²) >= 11 is 5.46. The average Bonchev–Trinajstić information content (AvgIpc) is 1.64. The van der Waals surface area contributed by atoms with Gasteiger partial charge in [0.25, 0.3) is 0 Å². The van der Waals surface area contributed by atoms with Crippen molar-refractivity contribution in [3.05, 3.63) is 23.2 Å². The standard InChI is InChI=1S/C5H4ClN2.V/c1-4-7-3-2-5(6)8-4;/h2H,1H3;/q-1;. The van der Waals surface area contributed by atoms with E-state index in [9.17, 15) is 0 Å². The molecule has 0 amide bonds. The summed E-state index contributed by atoms with van der Waals surface area (Å²) in [6.45, 7) is 1.77. The van der Waals surface area contributed by atoms with Crippen molar-refractivity contribution in [2.45, 2.75) is 6.92 Å². The van der Waals surface area contributed by atoms with Crippen molar-refractivity contribution in [1.29, 1.82) is 0 Å². The van der Waals surface area contributed by atoms with Crippen LogP contribution in [0.4, 0.5) is 0 Å². The molecule has 0 N–H and O–H groups in total. The summed E-state index contributed by atoms with van der Waals surface area (Å²) in [6.07, 6.45) is 2.58. The normalized spacial score (nSPS) is 8.22. The van der Waals surface area contributed by atoms with Gasteiger partial charge in [-0.3, -0.25) is 0 Å². The molecule has 0 saturated carbocycles. The summed E-state index contributed by atoms with van der Waals surface area (Å²) in [5.41, 5.74) is 0. The van der Waals surface area contributed by atoms with E-state index >= 15 is 0 Å². The number of rotatable bonds is 0. The van der Waals surface area contributed by atoms with E-state index in [0.717, 1.165) is 0 Å². The van der Waals surface area contributed by atoms with E-state index in [4.69, 9.17) is 11.6 Å². The predicted octanol–water partition coefficient (Wildman–Crippen LogP) is 1.24. The second kappa shape index (κ2) is 3.88. The van der Waals surface area contributed by atoms with Crippen LogP contribution in [0, 0.1) is 13.1 Å². The summed E-state index contributed by atoms with van der Waals surface area (Å²) in [5.74, 6) is 0.650. The number of hydrogen-bond acceptors (Lipinski definition) is 2. The number of halogens is 1. The van der Waals surface area contributed by atoms with Crippen molar-refractivity contribution in [3.63, 3.8) is 0 Å². The Morgan fingerprint density at radius 1 is 1.67 bits per heavy atom. The Balaban J connectivity index is 0.000000640. The van der Waals surface area contributed by atoms with Crippen LogP contribution >= 0.6 is 11.6 Å². The van der Waals surface area contributed by atoms with E-state index in [1.165, 1.54) is 6.07 Å². The number of aryl methyl sites for hydroxylation is 1. The minimum atomic E-state index is 0. The van der Waals surface area contributed by atoms with E-state index < -0.39 is 0 Å². The molecule has 1 aromatic rings. The van der Waals surface area contributed by atoms with Crippen LogP contribution in [0.25, 0.3) is 0 Å². The van der Waals surface area contributed by atoms with Gasteiger partial charge in [-0.2, -0.15) is 0 Å². The molecule has 2 nitrogen and oxygen atoms in total. The molecule has 9 heavy (non-hydrogen) atoms. The van der Waals surface area contributed by atoms with E-state index in [-0.39, 0.29) is 18.6 Å². The Kier molecular flexibility index (Phi) is 3.86. The molecule has 0 aliphatic heterocycles. The molecule has 4 heteroatoms. The molecule has 0 spiro atoms. The molecule has 0 bridgehead atoms. The minimum absolute atomic E-state index is 0. The molecule has 47 valence electrons. The van der Waals surface area contributed by atoms with Crippen molar-refractivity contribution >= 4 is 11.6 Å². The van der Waals surface area contributed by atoms with E-state index in [1.54, 1.807) is 6.92 Å². The van der Waals surface area contributed by atoms with Crippen LogP contribution in [0.2, 0.25) is 5.15 Å². The van der Waals surface area contributed by atoms with Gasteiger partial charge in [0.1, 0.15) is 0 Å². The maximum Gasteiger partial charge on any atom is 0.0174 e. The van der Waals surface area contributed by atoms with Crippen LogP contribution in [-0.2, 0) is 18.6 Å². The smallest absolute Gasteiger partial charge is 0.0174 e. The van der Waals surface area contributed by atoms with E-state index in [2.05, 4.69) is 16.2 Å². The molecule has 0 aliphatic rings. The molecule has 1 aromatic heterocycles. The third-order valence-electron chi connectivity index (χ3n) is 0.679. The van der Waals surface area contributed by atoms with Crippen molar-refractivity contribution in [1.82, 2.24) is 9.97 Å². The fourth-order valence-corrected chi connectivity index (χ4v) is 0.562. The number of hydrogen-bond donors (Lipinski definition) is 0. The second-order valence-corrected chi connectivity index (χ2v) is 1.75. The average molecular weight is 178 g/mol. The van der Waals surface area contributed by atoms with Crippen LogP contribution in [-0.4, -0.2) is 9.97 Å². The Hall–Kier alpha value is -0.0456. The fraction of sp³-hybridized carbons (Fsp3) is 0.200. The molecule has 0 atom stereocenters. The van der Waals surface area contributed by atoms with Crippen LogP contribution in [0.3, 0.4) is 0 Å². The molecule has 1 rings (SSSR count). The molecular weight excluding hydrogens is 174 g/mol. The van der Waals surface area contributed by atoms with Crippen molar-refractivity contribution in [2.24, 2.45) is 0 Å². The third kappa shape index (κ3) is 2.85. The molecule has 0 aromatic carbocycles. The molecule has 0 unspecified atom stereocenters. The SMILES string of the molecule is Cc1n[c-]cc(Cl)n1.[V]. The zero-order valence-electron chi connectivity index (χ0n) is 4.80. The van der Waals surface area contributed by atoms with Gasteiger partial charge in [0.05, 0.1) is 0 Å². The Labute approximate surface area is 70.5 Å². The van der Waals surface area contributed by atoms with Gasteiger partial charge in [-0.1, -0.05) is 13.1 Å². The van der Waals surface area contributed by atoms with Gasteiger partial charge in [0.2, 0.25) is 0 Å². The molecular formula is C5H4ClN2V-. The Morgan fingerprint density at radius 2 is 2.33 bits per heavy atom. The first-order valence-corrected chi connectivity index (χ1v) is 2.54. The van der Waals surface area contributed by atoms with Crippen LogP contribution < -0.4 is 0 Å². The van der Waals surface area contributed by atoms with Crippen molar-refractivity contribution in [2.75, 3.05) is 0 Å². The fourth-order valence-electron chi connectivity index (χ4n) is 0.391. The summed E-state index contributed by atoms with van der Waals surface area (Å²) < 4.78 is 0. The van der Waals surface area contributed by atoms with Gasteiger partial charge in [-0.05, 0) is 0 Å². The summed E-state index contributed by atoms with van der Waals surface area (Å²) in [4.78, 5) is 7.52. The monoisotopic (exact) mass is 178 g/mol. The first-order valence-electron chi connectivity index (χ1n) is 2.16. The molecule has 0 fully saturated rings. The third-order valence-corrected chi connectivity index (χ3v) is 0.872. The first-order chi connectivity index (χ1) is 3.79. The molecule has 1 radical (unpaired) electrons. The molecule has 0 saturated heterocycles. The number of nitrogens with zero attached hydrogens (tertiary/aromatic N) is 2. The van der Waals surface area contributed by atoms with Gasteiger partial charge >= 0.3 is 0 Å². The van der Waals surface area contributed by atoms with Crippen molar-refractivity contribution in [3.8, 4) is 0 Å². The van der Waals surface area contributed by atoms with Gasteiger partial charge in [0.15, 0.2) is 0 Å². The van der Waals surface area contributed by atoms with Crippen LogP contribution in [0.1, 0.15) is 5.82 Å². The molecule has 0 aliphatic carbocycles. The van der Waals surface area contributed by atoms with Gasteiger partial charge in [-0.25, -0.2) is 0 Å². The second-order valence-electron chi connectivity index (χ2n) is 1.37. The zero-order chi connectivity index (χ0) is 5.98. The van der Waals surface area contributed by atoms with Gasteiger partial charge in [-0.15, -0.1) is 17.7 Å². The maximum absolute atomic E-state index is 5.46. The minimum Gasteiger partial charge on any atom is -0.373 e. The summed E-state index contributed by atoms with van der Waals surface area (Å²) in [6, 6.07) is 1.52. The summed E-state index contributed by atoms with van der Waals surface area (Å²) in [5, 5.41) is 0.442. The predicted molar refractivity (Wildman–Crippen MR) is 30.6 cm³/mol. The number of aromatic nitrogens is 2. The van der Waals surface area contributed by atoms with Crippen LogP contribution in [0.5, 0.6) is 0 Å². The quantitative estimate of drug-likeness (QED) is 0.441. The zero-order valence-corrected chi connectivity index (χ0v) is 6.95.